The zero-order valence-electron chi connectivity index (χ0n) is 15.4. The molecule has 3 aliphatic rings. The third-order valence-corrected chi connectivity index (χ3v) is 6.25. The average molecular weight is 393 g/mol. The highest BCUT2D eigenvalue weighted by atomic mass is 32.1. The summed E-state index contributed by atoms with van der Waals surface area (Å²) in [6, 6.07) is -0.327. The van der Waals surface area contributed by atoms with Crippen LogP contribution in [-0.4, -0.2) is 66.0 Å². The Balaban J connectivity index is 1.50. The lowest BCUT2D eigenvalue weighted by atomic mass is 9.85. The van der Waals surface area contributed by atoms with Crippen LogP contribution >= 0.6 is 11.3 Å². The van der Waals surface area contributed by atoms with Gasteiger partial charge in [-0.25, -0.2) is 4.79 Å². The molecule has 4 rings (SSSR count). The molecule has 9 heteroatoms. The van der Waals surface area contributed by atoms with Crippen molar-refractivity contribution in [2.75, 3.05) is 32.8 Å². The molecule has 4 heterocycles. The minimum atomic E-state index is -0.841. The fourth-order valence-corrected chi connectivity index (χ4v) is 4.85. The number of hydrogen-bond donors (Lipinski definition) is 1. The predicted molar refractivity (Wildman–Crippen MR) is 98.3 cm³/mol. The van der Waals surface area contributed by atoms with E-state index in [4.69, 9.17) is 9.47 Å². The molecule has 2 saturated heterocycles. The van der Waals surface area contributed by atoms with E-state index in [-0.39, 0.29) is 23.8 Å². The van der Waals surface area contributed by atoms with E-state index in [0.717, 1.165) is 0 Å². The summed E-state index contributed by atoms with van der Waals surface area (Å²) in [4.78, 5) is 41.7. The summed E-state index contributed by atoms with van der Waals surface area (Å²) in [5, 5.41) is 4.25. The number of nitrogens with one attached hydrogen (secondary N) is 1. The molecule has 2 fully saturated rings. The van der Waals surface area contributed by atoms with Crippen molar-refractivity contribution in [3.05, 3.63) is 10.3 Å². The number of ether oxygens (including phenoxy) is 2. The number of rotatable bonds is 3. The van der Waals surface area contributed by atoms with E-state index in [1.165, 1.54) is 11.3 Å². The molecular formula is C18H23N3O5S. The number of carbonyl (C=O) groups excluding carboxylic acids is 3. The first-order valence-corrected chi connectivity index (χ1v) is 10.1. The van der Waals surface area contributed by atoms with E-state index < -0.39 is 5.54 Å². The van der Waals surface area contributed by atoms with Crippen LogP contribution in [0, 0.1) is 5.92 Å². The van der Waals surface area contributed by atoms with Gasteiger partial charge in [-0.15, -0.1) is 11.3 Å². The van der Waals surface area contributed by atoms with Crippen LogP contribution in [0.1, 0.15) is 36.4 Å². The van der Waals surface area contributed by atoms with Gasteiger partial charge >= 0.3 is 6.03 Å². The number of urea groups is 1. The van der Waals surface area contributed by atoms with Gasteiger partial charge in [0.25, 0.3) is 11.8 Å². The molecule has 1 aromatic heterocycles. The molecular weight excluding hydrogens is 370 g/mol. The maximum absolute atomic E-state index is 13.0. The van der Waals surface area contributed by atoms with Crippen molar-refractivity contribution in [3.8, 4) is 11.5 Å². The van der Waals surface area contributed by atoms with Crippen molar-refractivity contribution in [1.82, 2.24) is 15.1 Å². The van der Waals surface area contributed by atoms with Crippen LogP contribution in [0.3, 0.4) is 0 Å². The van der Waals surface area contributed by atoms with Crippen molar-refractivity contribution in [2.45, 2.75) is 32.2 Å². The monoisotopic (exact) mass is 393 g/mol. The first-order chi connectivity index (χ1) is 12.9. The molecule has 0 aromatic carbocycles. The van der Waals surface area contributed by atoms with Crippen LogP contribution in [0.25, 0.3) is 0 Å². The molecule has 3 aliphatic heterocycles. The Labute approximate surface area is 161 Å². The summed E-state index contributed by atoms with van der Waals surface area (Å²) in [5.74, 6) is 1.04. The summed E-state index contributed by atoms with van der Waals surface area (Å²) in [5.41, 5.74) is -0.841. The minimum absolute atomic E-state index is 0.109. The number of fused-ring (bicyclic) bond motifs is 1. The number of thiophene rings is 1. The molecule has 0 bridgehead atoms. The number of nitrogens with zero attached hydrogens (tertiary/aromatic N) is 2. The summed E-state index contributed by atoms with van der Waals surface area (Å²) in [7, 11) is 0. The topological polar surface area (TPSA) is 88.2 Å². The van der Waals surface area contributed by atoms with Gasteiger partial charge in [0.15, 0.2) is 11.5 Å². The van der Waals surface area contributed by atoms with Gasteiger partial charge < -0.3 is 19.3 Å². The molecule has 0 atom stereocenters. The molecule has 146 valence electrons. The summed E-state index contributed by atoms with van der Waals surface area (Å²) >= 11 is 1.32. The second-order valence-electron chi connectivity index (χ2n) is 7.54. The highest BCUT2D eigenvalue weighted by molar-refractivity contribution is 7.12. The van der Waals surface area contributed by atoms with Crippen molar-refractivity contribution >= 4 is 29.2 Å². The standard InChI is InChI=1S/C18H23N3O5S/c1-11(2)9-21-17(24)19-16(23)18(21)3-5-20(6-4-18)15(22)14-13-12(10-27-14)25-7-8-26-13/h10-11H,3-9H2,1-2H3,(H,19,23,24). The molecule has 0 unspecified atom stereocenters. The van der Waals surface area contributed by atoms with Gasteiger partial charge in [-0.2, -0.15) is 0 Å². The molecule has 1 aromatic rings. The summed E-state index contributed by atoms with van der Waals surface area (Å²) in [6.45, 7) is 6.31. The van der Waals surface area contributed by atoms with Crippen LogP contribution in [0.15, 0.2) is 5.38 Å². The van der Waals surface area contributed by atoms with Crippen LogP contribution in [0.5, 0.6) is 11.5 Å². The third kappa shape index (κ3) is 2.93. The average Bonchev–Trinajstić information content (AvgIpc) is 3.17. The van der Waals surface area contributed by atoms with Crippen LogP contribution in [0.2, 0.25) is 0 Å². The van der Waals surface area contributed by atoms with Gasteiger partial charge in [0.05, 0.1) is 0 Å². The van der Waals surface area contributed by atoms with Gasteiger partial charge in [-0.05, 0) is 18.8 Å². The van der Waals surface area contributed by atoms with Gasteiger partial charge in [-0.3, -0.25) is 14.9 Å². The molecule has 0 radical (unpaired) electrons. The number of imide groups is 1. The van der Waals surface area contributed by atoms with Gasteiger partial charge in [0.1, 0.15) is 23.6 Å². The Bertz CT molecular complexity index is 782. The lowest BCUT2D eigenvalue weighted by Gasteiger charge is -2.42. The molecule has 4 amide bonds. The number of amides is 4. The largest absolute Gasteiger partial charge is 0.485 e. The predicted octanol–water partition coefficient (Wildman–Crippen LogP) is 1.70. The van der Waals surface area contributed by atoms with E-state index in [2.05, 4.69) is 5.32 Å². The molecule has 0 aliphatic carbocycles. The third-order valence-electron chi connectivity index (χ3n) is 5.33. The lowest BCUT2D eigenvalue weighted by Crippen LogP contribution is -2.57. The van der Waals surface area contributed by atoms with Gasteiger partial charge in [-0.1, -0.05) is 13.8 Å². The van der Waals surface area contributed by atoms with Crippen LogP contribution in [-0.2, 0) is 4.79 Å². The van der Waals surface area contributed by atoms with E-state index >= 15 is 0 Å². The molecule has 0 saturated carbocycles. The number of hydrogen-bond acceptors (Lipinski definition) is 6. The highest BCUT2D eigenvalue weighted by Gasteiger charge is 2.54. The second-order valence-corrected chi connectivity index (χ2v) is 8.42. The quantitative estimate of drug-likeness (QED) is 0.790. The molecule has 8 nitrogen and oxygen atoms in total. The number of piperidine rings is 1. The van der Waals surface area contributed by atoms with Crippen molar-refractivity contribution in [3.63, 3.8) is 0 Å². The molecule has 1 N–H and O–H groups in total. The normalized spacial score (nSPS) is 21.1. The maximum atomic E-state index is 13.0. The minimum Gasteiger partial charge on any atom is -0.485 e. The Kier molecular flexibility index (Phi) is 4.49. The molecule has 1 spiro atoms. The Morgan fingerprint density at radius 3 is 2.67 bits per heavy atom. The first kappa shape index (κ1) is 18.1. The van der Waals surface area contributed by atoms with E-state index in [0.29, 0.717) is 62.1 Å². The summed E-state index contributed by atoms with van der Waals surface area (Å²) in [6.07, 6.45) is 0.877. The van der Waals surface area contributed by atoms with Gasteiger partial charge in [0, 0.05) is 25.0 Å². The summed E-state index contributed by atoms with van der Waals surface area (Å²) < 4.78 is 11.1. The maximum Gasteiger partial charge on any atom is 0.325 e. The van der Waals surface area contributed by atoms with Crippen molar-refractivity contribution < 1.29 is 23.9 Å². The Hall–Kier alpha value is -2.29. The Morgan fingerprint density at radius 2 is 1.96 bits per heavy atom. The fourth-order valence-electron chi connectivity index (χ4n) is 3.95. The van der Waals surface area contributed by atoms with Crippen molar-refractivity contribution in [2.24, 2.45) is 5.92 Å². The SMILES string of the molecule is CC(C)CN1C(=O)NC(=O)C12CCN(C(=O)c1scc3c1OCCO3)CC2. The first-order valence-electron chi connectivity index (χ1n) is 9.22. The zero-order valence-corrected chi connectivity index (χ0v) is 16.3. The van der Waals surface area contributed by atoms with E-state index in [1.807, 2.05) is 13.8 Å². The number of carbonyl (C=O) groups is 3. The lowest BCUT2D eigenvalue weighted by molar-refractivity contribution is -0.129. The second kappa shape index (κ2) is 6.70. The molecule has 27 heavy (non-hydrogen) atoms. The number of likely N-dealkylation sites (tertiary alicyclic amines) is 1. The Morgan fingerprint density at radius 1 is 1.26 bits per heavy atom. The van der Waals surface area contributed by atoms with Crippen molar-refractivity contribution in [1.29, 1.82) is 0 Å². The smallest absolute Gasteiger partial charge is 0.325 e. The van der Waals surface area contributed by atoms with Crippen LogP contribution in [0.4, 0.5) is 4.79 Å². The fraction of sp³-hybridized carbons (Fsp3) is 0.611. The highest BCUT2D eigenvalue weighted by Crippen LogP contribution is 2.41. The zero-order chi connectivity index (χ0) is 19.2. The van der Waals surface area contributed by atoms with E-state index in [1.54, 1.807) is 15.2 Å². The van der Waals surface area contributed by atoms with Crippen LogP contribution < -0.4 is 14.8 Å². The van der Waals surface area contributed by atoms with E-state index in [9.17, 15) is 14.4 Å². The van der Waals surface area contributed by atoms with Gasteiger partial charge in [0.2, 0.25) is 0 Å².